The van der Waals surface area contributed by atoms with E-state index in [0.717, 1.165) is 11.1 Å². The van der Waals surface area contributed by atoms with E-state index >= 15 is 0 Å². The second-order valence-corrected chi connectivity index (χ2v) is 4.57. The van der Waals surface area contributed by atoms with Gasteiger partial charge in [0.05, 0.1) is 6.54 Å². The summed E-state index contributed by atoms with van der Waals surface area (Å²) >= 11 is 0. The molecule has 0 unspecified atom stereocenters. The second-order valence-electron chi connectivity index (χ2n) is 4.57. The summed E-state index contributed by atoms with van der Waals surface area (Å²) in [6, 6.07) is 17.4. The van der Waals surface area contributed by atoms with Gasteiger partial charge >= 0.3 is 0 Å². The van der Waals surface area contributed by atoms with Gasteiger partial charge in [0.2, 0.25) is 0 Å². The molecule has 0 saturated carbocycles. The SMILES string of the molecule is Cc1ccc(C(=O)NCCN=Cc2ccccc2)cc1. The van der Waals surface area contributed by atoms with Crippen LogP contribution in [0.15, 0.2) is 59.6 Å². The molecule has 0 spiro atoms. The van der Waals surface area contributed by atoms with E-state index in [-0.39, 0.29) is 5.91 Å². The maximum Gasteiger partial charge on any atom is 0.251 e. The van der Waals surface area contributed by atoms with Crippen molar-refractivity contribution in [2.75, 3.05) is 13.1 Å². The normalized spacial score (nSPS) is 10.7. The molecule has 0 aromatic heterocycles. The van der Waals surface area contributed by atoms with Crippen molar-refractivity contribution in [2.24, 2.45) is 4.99 Å². The van der Waals surface area contributed by atoms with Gasteiger partial charge < -0.3 is 5.32 Å². The molecule has 3 nitrogen and oxygen atoms in total. The molecule has 20 heavy (non-hydrogen) atoms. The van der Waals surface area contributed by atoms with Gasteiger partial charge in [0.1, 0.15) is 0 Å². The number of carbonyl (C=O) groups excluding carboxylic acids is 1. The lowest BCUT2D eigenvalue weighted by Gasteiger charge is -2.03. The molecule has 0 radical (unpaired) electrons. The van der Waals surface area contributed by atoms with E-state index in [1.807, 2.05) is 67.7 Å². The lowest BCUT2D eigenvalue weighted by atomic mass is 10.1. The maximum atomic E-state index is 11.8. The quantitative estimate of drug-likeness (QED) is 0.656. The minimum atomic E-state index is -0.0556. The summed E-state index contributed by atoms with van der Waals surface area (Å²) in [6.45, 7) is 3.11. The number of benzene rings is 2. The summed E-state index contributed by atoms with van der Waals surface area (Å²) in [7, 11) is 0. The number of nitrogens with zero attached hydrogens (tertiary/aromatic N) is 1. The van der Waals surface area contributed by atoms with Crippen molar-refractivity contribution in [3.8, 4) is 0 Å². The van der Waals surface area contributed by atoms with Crippen molar-refractivity contribution in [2.45, 2.75) is 6.92 Å². The van der Waals surface area contributed by atoms with Crippen molar-refractivity contribution in [1.82, 2.24) is 5.32 Å². The number of aryl methyl sites for hydroxylation is 1. The van der Waals surface area contributed by atoms with Crippen molar-refractivity contribution >= 4 is 12.1 Å². The van der Waals surface area contributed by atoms with E-state index in [9.17, 15) is 4.79 Å². The molecule has 0 atom stereocenters. The van der Waals surface area contributed by atoms with E-state index in [2.05, 4.69) is 10.3 Å². The van der Waals surface area contributed by atoms with E-state index < -0.39 is 0 Å². The average molecular weight is 266 g/mol. The van der Waals surface area contributed by atoms with Crippen LogP contribution < -0.4 is 5.32 Å². The van der Waals surface area contributed by atoms with Crippen LogP contribution in [0.4, 0.5) is 0 Å². The Hall–Kier alpha value is -2.42. The van der Waals surface area contributed by atoms with Crippen LogP contribution in [0.3, 0.4) is 0 Å². The van der Waals surface area contributed by atoms with Crippen LogP contribution in [0, 0.1) is 6.92 Å². The maximum absolute atomic E-state index is 11.8. The highest BCUT2D eigenvalue weighted by molar-refractivity contribution is 5.94. The average Bonchev–Trinajstić information content (AvgIpc) is 2.48. The third-order valence-corrected chi connectivity index (χ3v) is 2.88. The molecule has 0 aliphatic carbocycles. The Balaban J connectivity index is 1.74. The van der Waals surface area contributed by atoms with E-state index in [1.165, 1.54) is 0 Å². The van der Waals surface area contributed by atoms with Crippen LogP contribution >= 0.6 is 0 Å². The molecule has 2 aromatic rings. The summed E-state index contributed by atoms with van der Waals surface area (Å²) in [5.74, 6) is -0.0556. The second kappa shape index (κ2) is 7.24. The highest BCUT2D eigenvalue weighted by atomic mass is 16.1. The minimum Gasteiger partial charge on any atom is -0.350 e. The summed E-state index contributed by atoms with van der Waals surface area (Å²) in [6.07, 6.45) is 1.82. The van der Waals surface area contributed by atoms with Gasteiger partial charge in [-0.25, -0.2) is 0 Å². The van der Waals surface area contributed by atoms with E-state index in [1.54, 1.807) is 0 Å². The Bertz CT molecular complexity index is 574. The van der Waals surface area contributed by atoms with Gasteiger partial charge in [0.15, 0.2) is 0 Å². The fourth-order valence-corrected chi connectivity index (χ4v) is 1.75. The number of aliphatic imine (C=N–C) groups is 1. The van der Waals surface area contributed by atoms with E-state index in [4.69, 9.17) is 0 Å². The number of nitrogens with one attached hydrogen (secondary N) is 1. The van der Waals surface area contributed by atoms with Crippen molar-refractivity contribution in [3.63, 3.8) is 0 Å². The molecule has 102 valence electrons. The van der Waals surface area contributed by atoms with Gasteiger partial charge in [-0.2, -0.15) is 0 Å². The third-order valence-electron chi connectivity index (χ3n) is 2.88. The lowest BCUT2D eigenvalue weighted by molar-refractivity contribution is 0.0955. The molecule has 1 N–H and O–H groups in total. The van der Waals surface area contributed by atoms with Crippen LogP contribution in [-0.2, 0) is 0 Å². The zero-order valence-electron chi connectivity index (χ0n) is 11.5. The number of hydrogen-bond donors (Lipinski definition) is 1. The number of carbonyl (C=O) groups is 1. The van der Waals surface area contributed by atoms with Gasteiger partial charge in [0, 0.05) is 18.3 Å². The molecule has 0 saturated heterocycles. The van der Waals surface area contributed by atoms with Crippen molar-refractivity contribution < 1.29 is 4.79 Å². The summed E-state index contributed by atoms with van der Waals surface area (Å²) in [5, 5.41) is 2.85. The summed E-state index contributed by atoms with van der Waals surface area (Å²) < 4.78 is 0. The van der Waals surface area contributed by atoms with Gasteiger partial charge in [-0.1, -0.05) is 48.0 Å². The van der Waals surface area contributed by atoms with Crippen molar-refractivity contribution in [1.29, 1.82) is 0 Å². The minimum absolute atomic E-state index is 0.0556. The summed E-state index contributed by atoms with van der Waals surface area (Å²) in [5.41, 5.74) is 2.90. The number of amides is 1. The summed E-state index contributed by atoms with van der Waals surface area (Å²) in [4.78, 5) is 16.1. The zero-order chi connectivity index (χ0) is 14.2. The van der Waals surface area contributed by atoms with Crippen LogP contribution in [-0.4, -0.2) is 25.2 Å². The van der Waals surface area contributed by atoms with Crippen LogP contribution in [0.2, 0.25) is 0 Å². The Kier molecular flexibility index (Phi) is 5.07. The van der Waals surface area contributed by atoms with Gasteiger partial charge in [-0.15, -0.1) is 0 Å². The lowest BCUT2D eigenvalue weighted by Crippen LogP contribution is -2.25. The molecule has 0 aliphatic rings. The van der Waals surface area contributed by atoms with Gasteiger partial charge in [-0.3, -0.25) is 9.79 Å². The largest absolute Gasteiger partial charge is 0.350 e. The molecule has 3 heteroatoms. The Labute approximate surface area is 119 Å². The van der Waals surface area contributed by atoms with Gasteiger partial charge in [-0.05, 0) is 24.6 Å². The molecule has 2 rings (SSSR count). The Morgan fingerprint density at radius 3 is 2.50 bits per heavy atom. The first kappa shape index (κ1) is 14.0. The first-order valence-electron chi connectivity index (χ1n) is 6.65. The smallest absolute Gasteiger partial charge is 0.251 e. The standard InChI is InChI=1S/C17H18N2O/c1-14-7-9-16(10-8-14)17(20)19-12-11-18-13-15-5-3-2-4-6-15/h2-10,13H,11-12H2,1H3,(H,19,20). The number of rotatable bonds is 5. The Morgan fingerprint density at radius 2 is 1.80 bits per heavy atom. The first-order chi connectivity index (χ1) is 9.75. The van der Waals surface area contributed by atoms with Crippen LogP contribution in [0.25, 0.3) is 0 Å². The fraction of sp³-hybridized carbons (Fsp3) is 0.176. The molecular formula is C17H18N2O. The predicted octanol–water partition coefficient (Wildman–Crippen LogP) is 2.84. The predicted molar refractivity (Wildman–Crippen MR) is 82.4 cm³/mol. The topological polar surface area (TPSA) is 41.5 Å². The molecule has 2 aromatic carbocycles. The first-order valence-corrected chi connectivity index (χ1v) is 6.65. The van der Waals surface area contributed by atoms with Crippen molar-refractivity contribution in [3.05, 3.63) is 71.3 Å². The zero-order valence-corrected chi connectivity index (χ0v) is 11.5. The highest BCUT2D eigenvalue weighted by Crippen LogP contribution is 2.02. The number of hydrogen-bond acceptors (Lipinski definition) is 2. The molecule has 0 aliphatic heterocycles. The monoisotopic (exact) mass is 266 g/mol. The Morgan fingerprint density at radius 1 is 1.10 bits per heavy atom. The van der Waals surface area contributed by atoms with Crippen LogP contribution in [0.1, 0.15) is 21.5 Å². The molecule has 1 amide bonds. The fourth-order valence-electron chi connectivity index (χ4n) is 1.75. The van der Waals surface area contributed by atoms with E-state index in [0.29, 0.717) is 18.7 Å². The molecule has 0 heterocycles. The van der Waals surface area contributed by atoms with Crippen LogP contribution in [0.5, 0.6) is 0 Å². The third kappa shape index (κ3) is 4.35. The van der Waals surface area contributed by atoms with Gasteiger partial charge in [0.25, 0.3) is 5.91 Å². The molecule has 0 bridgehead atoms. The highest BCUT2D eigenvalue weighted by Gasteiger charge is 2.02. The molecule has 0 fully saturated rings. The molecular weight excluding hydrogens is 248 g/mol.